The minimum Gasteiger partial charge on any atom is -0.352 e. The van der Waals surface area contributed by atoms with Gasteiger partial charge in [-0.15, -0.1) is 0 Å². The molecule has 172 valence electrons. The highest BCUT2D eigenvalue weighted by atomic mass is 32.2. The first kappa shape index (κ1) is 23.0. The Kier molecular flexibility index (Phi) is 7.60. The number of piperidine rings is 2. The van der Waals surface area contributed by atoms with E-state index >= 15 is 0 Å². The van der Waals surface area contributed by atoms with Crippen molar-refractivity contribution in [2.45, 2.75) is 50.1 Å². The molecule has 0 saturated carbocycles. The number of carbonyl (C=O) groups is 1. The van der Waals surface area contributed by atoms with Crippen LogP contribution in [-0.2, 0) is 27.9 Å². The number of nitrogens with zero attached hydrogens (tertiary/aromatic N) is 2. The Bertz CT molecular complexity index is 987. The van der Waals surface area contributed by atoms with Crippen molar-refractivity contribution < 1.29 is 13.2 Å². The molecule has 2 aromatic carbocycles. The molecule has 2 aromatic rings. The molecular formula is C25H33N3O3S. The van der Waals surface area contributed by atoms with Crippen LogP contribution >= 0.6 is 0 Å². The van der Waals surface area contributed by atoms with Gasteiger partial charge in [0, 0.05) is 26.2 Å². The number of sulfonamides is 1. The fourth-order valence-corrected chi connectivity index (χ4v) is 6.13. The Morgan fingerprint density at radius 1 is 0.875 bits per heavy atom. The molecule has 6 nitrogen and oxygen atoms in total. The van der Waals surface area contributed by atoms with Gasteiger partial charge in [-0.25, -0.2) is 8.42 Å². The number of carbonyl (C=O) groups excluding carboxylic acids is 1. The normalized spacial score (nSPS) is 20.7. The molecule has 32 heavy (non-hydrogen) atoms. The summed E-state index contributed by atoms with van der Waals surface area (Å²) in [6.07, 6.45) is 5.31. The molecule has 1 N–H and O–H groups in total. The molecule has 2 heterocycles. The average Bonchev–Trinajstić information content (AvgIpc) is 2.85. The zero-order valence-corrected chi connectivity index (χ0v) is 19.4. The van der Waals surface area contributed by atoms with E-state index in [1.165, 1.54) is 42.2 Å². The molecule has 0 aromatic heterocycles. The standard InChI is InChI=1S/C25H33N3O3S/c29-25(23-8-7-17-28(20-23)32(30,31)24-9-3-1-4-10-24)26-18-21-11-13-22(14-12-21)19-27-15-5-2-6-16-27/h1,3-4,9-14,23H,2,5-8,15-20H2,(H,26,29)/t23-/m0/s1. The lowest BCUT2D eigenvalue weighted by Crippen LogP contribution is -2.45. The lowest BCUT2D eigenvalue weighted by Gasteiger charge is -2.31. The molecule has 2 aliphatic rings. The molecule has 1 amide bonds. The van der Waals surface area contributed by atoms with E-state index in [-0.39, 0.29) is 23.3 Å². The molecule has 2 saturated heterocycles. The van der Waals surface area contributed by atoms with E-state index < -0.39 is 10.0 Å². The summed E-state index contributed by atoms with van der Waals surface area (Å²) in [5.74, 6) is -0.393. The van der Waals surface area contributed by atoms with Gasteiger partial charge in [0.25, 0.3) is 0 Å². The summed E-state index contributed by atoms with van der Waals surface area (Å²) in [7, 11) is -3.56. The van der Waals surface area contributed by atoms with Crippen LogP contribution in [0.1, 0.15) is 43.2 Å². The summed E-state index contributed by atoms with van der Waals surface area (Å²) >= 11 is 0. The number of amides is 1. The third-order valence-corrected chi connectivity index (χ3v) is 8.36. The summed E-state index contributed by atoms with van der Waals surface area (Å²) in [6, 6.07) is 16.9. The number of rotatable bonds is 7. The van der Waals surface area contributed by atoms with Gasteiger partial charge in [-0.3, -0.25) is 9.69 Å². The molecule has 0 radical (unpaired) electrons. The quantitative estimate of drug-likeness (QED) is 0.695. The Balaban J connectivity index is 1.29. The van der Waals surface area contributed by atoms with Crippen molar-refractivity contribution in [1.29, 1.82) is 0 Å². The molecule has 2 fully saturated rings. The highest BCUT2D eigenvalue weighted by Gasteiger charge is 2.33. The number of nitrogens with one attached hydrogen (secondary N) is 1. The fourth-order valence-electron chi connectivity index (χ4n) is 4.59. The molecule has 1 atom stereocenters. The van der Waals surface area contributed by atoms with E-state index in [0.717, 1.165) is 12.1 Å². The minimum absolute atomic E-state index is 0.0737. The zero-order chi connectivity index (χ0) is 22.4. The van der Waals surface area contributed by atoms with Crippen LogP contribution in [0.2, 0.25) is 0 Å². The van der Waals surface area contributed by atoms with Crippen molar-refractivity contribution in [2.75, 3.05) is 26.2 Å². The van der Waals surface area contributed by atoms with Crippen LogP contribution in [0.4, 0.5) is 0 Å². The van der Waals surface area contributed by atoms with E-state index in [1.54, 1.807) is 30.3 Å². The van der Waals surface area contributed by atoms with E-state index in [4.69, 9.17) is 0 Å². The van der Waals surface area contributed by atoms with Crippen molar-refractivity contribution in [3.05, 3.63) is 65.7 Å². The third-order valence-electron chi connectivity index (χ3n) is 6.48. The molecule has 2 aliphatic heterocycles. The lowest BCUT2D eigenvalue weighted by molar-refractivity contribution is -0.126. The second kappa shape index (κ2) is 10.6. The molecule has 7 heteroatoms. The van der Waals surface area contributed by atoms with E-state index in [9.17, 15) is 13.2 Å². The number of likely N-dealkylation sites (tertiary alicyclic amines) is 1. The molecular weight excluding hydrogens is 422 g/mol. The Hall–Kier alpha value is -2.22. The molecule has 0 unspecified atom stereocenters. The summed E-state index contributed by atoms with van der Waals surface area (Å²) in [5.41, 5.74) is 2.36. The van der Waals surface area contributed by atoms with Gasteiger partial charge in [0.1, 0.15) is 0 Å². The number of hydrogen-bond acceptors (Lipinski definition) is 4. The predicted octanol–water partition coefficient (Wildman–Crippen LogP) is 3.39. The number of benzene rings is 2. The average molecular weight is 456 g/mol. The summed E-state index contributed by atoms with van der Waals surface area (Å²) in [6.45, 7) is 4.49. The van der Waals surface area contributed by atoms with E-state index in [1.807, 2.05) is 0 Å². The van der Waals surface area contributed by atoms with E-state index in [0.29, 0.717) is 25.9 Å². The Morgan fingerprint density at radius 2 is 1.56 bits per heavy atom. The summed E-state index contributed by atoms with van der Waals surface area (Å²) < 4.78 is 27.3. The van der Waals surface area contributed by atoms with Crippen LogP contribution in [0, 0.1) is 5.92 Å². The topological polar surface area (TPSA) is 69.7 Å². The first-order valence-corrected chi connectivity index (χ1v) is 13.1. The van der Waals surface area contributed by atoms with Gasteiger partial charge in [-0.05, 0) is 62.0 Å². The van der Waals surface area contributed by atoms with Gasteiger partial charge in [0.05, 0.1) is 10.8 Å². The maximum atomic E-state index is 12.9. The molecule has 0 bridgehead atoms. The van der Waals surface area contributed by atoms with Gasteiger partial charge >= 0.3 is 0 Å². The van der Waals surface area contributed by atoms with Crippen LogP contribution in [0.15, 0.2) is 59.5 Å². The maximum Gasteiger partial charge on any atom is 0.243 e. The van der Waals surface area contributed by atoms with Crippen molar-refractivity contribution in [2.24, 2.45) is 5.92 Å². The zero-order valence-electron chi connectivity index (χ0n) is 18.6. The summed E-state index contributed by atoms with van der Waals surface area (Å²) in [4.78, 5) is 15.6. The maximum absolute atomic E-state index is 12.9. The van der Waals surface area contributed by atoms with Crippen LogP contribution in [0.3, 0.4) is 0 Å². The molecule has 0 spiro atoms. The van der Waals surface area contributed by atoms with Gasteiger partial charge in [-0.1, -0.05) is 48.9 Å². The molecule has 0 aliphatic carbocycles. The van der Waals surface area contributed by atoms with Crippen molar-refractivity contribution >= 4 is 15.9 Å². The fraction of sp³-hybridized carbons (Fsp3) is 0.480. The van der Waals surface area contributed by atoms with Crippen molar-refractivity contribution in [3.8, 4) is 0 Å². The largest absolute Gasteiger partial charge is 0.352 e. The van der Waals surface area contributed by atoms with Crippen molar-refractivity contribution in [1.82, 2.24) is 14.5 Å². The first-order valence-electron chi connectivity index (χ1n) is 11.7. The first-order chi connectivity index (χ1) is 15.5. The smallest absolute Gasteiger partial charge is 0.243 e. The van der Waals surface area contributed by atoms with Crippen LogP contribution in [0.25, 0.3) is 0 Å². The van der Waals surface area contributed by atoms with Crippen molar-refractivity contribution in [3.63, 3.8) is 0 Å². The highest BCUT2D eigenvalue weighted by Crippen LogP contribution is 2.24. The van der Waals surface area contributed by atoms with Crippen LogP contribution in [0.5, 0.6) is 0 Å². The lowest BCUT2D eigenvalue weighted by atomic mass is 9.98. The third kappa shape index (κ3) is 5.77. The second-order valence-corrected chi connectivity index (χ2v) is 10.8. The Morgan fingerprint density at radius 3 is 2.28 bits per heavy atom. The highest BCUT2D eigenvalue weighted by molar-refractivity contribution is 7.89. The monoisotopic (exact) mass is 455 g/mol. The van der Waals surface area contributed by atoms with Gasteiger partial charge in [0.15, 0.2) is 0 Å². The second-order valence-electron chi connectivity index (χ2n) is 8.89. The molecule has 4 rings (SSSR count). The van der Waals surface area contributed by atoms with Gasteiger partial charge < -0.3 is 5.32 Å². The van der Waals surface area contributed by atoms with Gasteiger partial charge in [-0.2, -0.15) is 4.31 Å². The van der Waals surface area contributed by atoms with Crippen LogP contribution < -0.4 is 5.32 Å². The summed E-state index contributed by atoms with van der Waals surface area (Å²) in [5, 5.41) is 3.01. The minimum atomic E-state index is -3.56. The van der Waals surface area contributed by atoms with E-state index in [2.05, 4.69) is 34.5 Å². The number of hydrogen-bond donors (Lipinski definition) is 1. The van der Waals surface area contributed by atoms with Gasteiger partial charge in [0.2, 0.25) is 15.9 Å². The Labute approximate surface area is 191 Å². The predicted molar refractivity (Wildman–Crippen MR) is 125 cm³/mol. The van der Waals surface area contributed by atoms with Crippen LogP contribution in [-0.4, -0.2) is 49.7 Å². The SMILES string of the molecule is O=C(NCc1ccc(CN2CCCCC2)cc1)[C@H]1CCCN(S(=O)(=O)c2ccccc2)C1.